The van der Waals surface area contributed by atoms with Crippen molar-refractivity contribution in [1.29, 1.82) is 0 Å². The SMILES string of the molecule is C=CCN1C(=O)C(=C)S/C1=N\N=c1/scc(O)n1C. The molecule has 100 valence electrons. The van der Waals surface area contributed by atoms with Gasteiger partial charge in [0, 0.05) is 13.6 Å². The molecule has 0 atom stereocenters. The van der Waals surface area contributed by atoms with Crippen LogP contribution in [0.3, 0.4) is 0 Å². The van der Waals surface area contributed by atoms with Gasteiger partial charge < -0.3 is 5.11 Å². The van der Waals surface area contributed by atoms with E-state index in [4.69, 9.17) is 0 Å². The predicted molar refractivity (Wildman–Crippen MR) is 76.6 cm³/mol. The minimum atomic E-state index is -0.183. The number of thiazole rings is 1. The Kier molecular flexibility index (Phi) is 3.91. The van der Waals surface area contributed by atoms with Gasteiger partial charge in [-0.2, -0.15) is 0 Å². The molecule has 0 radical (unpaired) electrons. The van der Waals surface area contributed by atoms with Gasteiger partial charge in [-0.05, 0) is 11.8 Å². The summed E-state index contributed by atoms with van der Waals surface area (Å²) in [5.74, 6) is -0.0660. The lowest BCUT2D eigenvalue weighted by atomic mass is 10.5. The van der Waals surface area contributed by atoms with Crippen molar-refractivity contribution >= 4 is 34.2 Å². The number of hydrogen-bond acceptors (Lipinski definition) is 6. The van der Waals surface area contributed by atoms with E-state index in [-0.39, 0.29) is 11.8 Å². The first-order chi connectivity index (χ1) is 9.04. The van der Waals surface area contributed by atoms with Crippen LogP contribution >= 0.6 is 23.1 Å². The van der Waals surface area contributed by atoms with Crippen molar-refractivity contribution in [3.8, 4) is 5.88 Å². The lowest BCUT2D eigenvalue weighted by molar-refractivity contribution is -0.121. The Morgan fingerprint density at radius 3 is 2.84 bits per heavy atom. The number of hydrogen-bond donors (Lipinski definition) is 1. The summed E-state index contributed by atoms with van der Waals surface area (Å²) in [7, 11) is 1.68. The molecule has 1 aliphatic rings. The Hall–Kier alpha value is -1.80. The van der Waals surface area contributed by atoms with Gasteiger partial charge in [0.15, 0.2) is 5.17 Å². The normalized spacial score (nSPS) is 18.7. The summed E-state index contributed by atoms with van der Waals surface area (Å²) in [5.41, 5.74) is 0. The molecule has 0 spiro atoms. The van der Waals surface area contributed by atoms with Crippen LogP contribution in [0, 0.1) is 0 Å². The maximum Gasteiger partial charge on any atom is 0.266 e. The van der Waals surface area contributed by atoms with E-state index in [1.165, 1.54) is 32.6 Å². The maximum absolute atomic E-state index is 11.8. The highest BCUT2D eigenvalue weighted by atomic mass is 32.2. The number of aromatic nitrogens is 1. The molecule has 8 heteroatoms. The van der Waals surface area contributed by atoms with Crippen LogP contribution in [0.2, 0.25) is 0 Å². The van der Waals surface area contributed by atoms with E-state index in [0.717, 1.165) is 0 Å². The molecule has 1 aromatic rings. The molecular formula is C11H12N4O2S2. The van der Waals surface area contributed by atoms with Gasteiger partial charge in [-0.15, -0.1) is 16.8 Å². The fraction of sp³-hybridized carbons (Fsp3) is 0.182. The summed E-state index contributed by atoms with van der Waals surface area (Å²) < 4.78 is 1.50. The van der Waals surface area contributed by atoms with Crippen molar-refractivity contribution in [2.24, 2.45) is 17.3 Å². The van der Waals surface area contributed by atoms with Gasteiger partial charge in [0.2, 0.25) is 10.7 Å². The van der Waals surface area contributed by atoms with Crippen LogP contribution in [0.25, 0.3) is 0 Å². The Morgan fingerprint density at radius 1 is 1.53 bits per heavy atom. The number of thioether (sulfide) groups is 1. The fourth-order valence-corrected chi connectivity index (χ4v) is 2.82. The van der Waals surface area contributed by atoms with Gasteiger partial charge in [-0.3, -0.25) is 14.3 Å². The van der Waals surface area contributed by atoms with Crippen LogP contribution in [0.15, 0.2) is 39.7 Å². The summed E-state index contributed by atoms with van der Waals surface area (Å²) in [6.45, 7) is 7.63. The number of nitrogens with zero attached hydrogens (tertiary/aromatic N) is 4. The van der Waals surface area contributed by atoms with E-state index in [1.807, 2.05) is 0 Å². The van der Waals surface area contributed by atoms with E-state index in [1.54, 1.807) is 18.5 Å². The van der Waals surface area contributed by atoms with Crippen molar-refractivity contribution in [2.75, 3.05) is 6.54 Å². The van der Waals surface area contributed by atoms with Crippen LogP contribution in [-0.4, -0.2) is 32.2 Å². The molecule has 0 aromatic carbocycles. The van der Waals surface area contributed by atoms with Gasteiger partial charge in [0.05, 0.1) is 10.3 Å². The standard InChI is InChI=1S/C11H12N4O2S2/c1-4-5-15-9(17)7(2)19-11(15)13-12-10-14(3)8(16)6-18-10/h4,6,16H,1-2,5H2,3H3/b12-10-,13-11-. The zero-order valence-corrected chi connectivity index (χ0v) is 11.9. The topological polar surface area (TPSA) is 70.2 Å². The predicted octanol–water partition coefficient (Wildman–Crippen LogP) is 1.24. The first-order valence-corrected chi connectivity index (χ1v) is 6.99. The van der Waals surface area contributed by atoms with Gasteiger partial charge in [0.25, 0.3) is 5.91 Å². The van der Waals surface area contributed by atoms with Gasteiger partial charge in [-0.25, -0.2) is 0 Å². The summed E-state index contributed by atoms with van der Waals surface area (Å²) in [6, 6.07) is 0. The van der Waals surface area contributed by atoms with Crippen molar-refractivity contribution in [1.82, 2.24) is 9.47 Å². The smallest absolute Gasteiger partial charge is 0.266 e. The average molecular weight is 296 g/mol. The monoisotopic (exact) mass is 296 g/mol. The van der Waals surface area contributed by atoms with E-state index in [9.17, 15) is 9.90 Å². The number of carbonyl (C=O) groups is 1. The molecule has 1 N–H and O–H groups in total. The molecule has 0 bridgehead atoms. The number of aromatic hydroxyl groups is 1. The number of carbonyl (C=O) groups excluding carboxylic acids is 1. The van der Waals surface area contributed by atoms with E-state index < -0.39 is 0 Å². The third-order valence-electron chi connectivity index (χ3n) is 2.36. The largest absolute Gasteiger partial charge is 0.494 e. The second-order valence-corrected chi connectivity index (χ2v) is 5.55. The quantitative estimate of drug-likeness (QED) is 0.518. The average Bonchev–Trinajstić information content (AvgIpc) is 2.84. The van der Waals surface area contributed by atoms with Gasteiger partial charge in [-0.1, -0.05) is 24.0 Å². The van der Waals surface area contributed by atoms with Crippen LogP contribution in [-0.2, 0) is 11.8 Å². The third kappa shape index (κ3) is 2.64. The zero-order valence-electron chi connectivity index (χ0n) is 10.2. The molecule has 0 unspecified atom stereocenters. The number of amides is 1. The van der Waals surface area contributed by atoms with Gasteiger partial charge >= 0.3 is 0 Å². The molecule has 1 amide bonds. The molecule has 0 aliphatic carbocycles. The highest BCUT2D eigenvalue weighted by molar-refractivity contribution is 8.18. The summed E-state index contributed by atoms with van der Waals surface area (Å²) in [4.78, 5) is 14.2. The van der Waals surface area contributed by atoms with Crippen molar-refractivity contribution in [2.45, 2.75) is 0 Å². The fourth-order valence-electron chi connectivity index (χ4n) is 1.35. The lowest BCUT2D eigenvalue weighted by Crippen LogP contribution is -2.29. The van der Waals surface area contributed by atoms with Gasteiger partial charge in [0.1, 0.15) is 0 Å². The highest BCUT2D eigenvalue weighted by Gasteiger charge is 2.31. The van der Waals surface area contributed by atoms with Crippen molar-refractivity contribution in [3.63, 3.8) is 0 Å². The van der Waals surface area contributed by atoms with Crippen molar-refractivity contribution in [3.05, 3.63) is 34.3 Å². The Bertz CT molecular complexity index is 641. The molecule has 1 fully saturated rings. The molecule has 6 nitrogen and oxygen atoms in total. The number of rotatable bonds is 3. The van der Waals surface area contributed by atoms with E-state index in [2.05, 4.69) is 23.4 Å². The van der Waals surface area contributed by atoms with Crippen LogP contribution in [0.1, 0.15) is 0 Å². The second-order valence-electron chi connectivity index (χ2n) is 3.65. The molecule has 1 aromatic heterocycles. The van der Waals surface area contributed by atoms with Crippen LogP contribution < -0.4 is 4.80 Å². The van der Waals surface area contributed by atoms with E-state index >= 15 is 0 Å². The Labute approximate surface area is 118 Å². The summed E-state index contributed by atoms with van der Waals surface area (Å²) >= 11 is 2.44. The molecule has 2 rings (SSSR count). The highest BCUT2D eigenvalue weighted by Crippen LogP contribution is 2.29. The lowest BCUT2D eigenvalue weighted by Gasteiger charge is -2.10. The van der Waals surface area contributed by atoms with E-state index in [0.29, 0.717) is 21.4 Å². The first-order valence-electron chi connectivity index (χ1n) is 5.29. The Morgan fingerprint density at radius 2 is 2.26 bits per heavy atom. The maximum atomic E-state index is 11.8. The Balaban J connectivity index is 2.35. The molecule has 1 saturated heterocycles. The van der Waals surface area contributed by atoms with Crippen molar-refractivity contribution < 1.29 is 9.90 Å². The van der Waals surface area contributed by atoms with Crippen LogP contribution in [0.5, 0.6) is 5.88 Å². The number of amidine groups is 1. The zero-order chi connectivity index (χ0) is 14.0. The second kappa shape index (κ2) is 5.45. The van der Waals surface area contributed by atoms with Crippen LogP contribution in [0.4, 0.5) is 0 Å². The summed E-state index contributed by atoms with van der Waals surface area (Å²) in [5, 5.41) is 19.5. The summed E-state index contributed by atoms with van der Waals surface area (Å²) in [6.07, 6.45) is 1.61. The third-order valence-corrected chi connectivity index (χ3v) is 4.16. The molecular weight excluding hydrogens is 284 g/mol. The molecule has 2 heterocycles. The first kappa shape index (κ1) is 13.6. The molecule has 19 heavy (non-hydrogen) atoms. The molecule has 0 saturated carbocycles. The minimum Gasteiger partial charge on any atom is -0.494 e. The molecule has 1 aliphatic heterocycles. The minimum absolute atomic E-state index is 0.117.